The lowest BCUT2D eigenvalue weighted by molar-refractivity contribution is -0.139. The Balaban J connectivity index is 0. The molecular formula is C6H14N2O5. The van der Waals surface area contributed by atoms with E-state index in [0.717, 1.165) is 0 Å². The van der Waals surface area contributed by atoms with Gasteiger partial charge in [-0.05, 0) is 6.92 Å². The molecule has 78 valence electrons. The van der Waals surface area contributed by atoms with Gasteiger partial charge in [0.15, 0.2) is 0 Å². The fraction of sp³-hybridized carbons (Fsp3) is 0.667. The van der Waals surface area contributed by atoms with Gasteiger partial charge in [-0.2, -0.15) is 0 Å². The van der Waals surface area contributed by atoms with Crippen LogP contribution in [-0.2, 0) is 9.59 Å². The van der Waals surface area contributed by atoms with E-state index in [9.17, 15) is 9.59 Å². The molecule has 0 spiro atoms. The predicted molar refractivity (Wildman–Crippen MR) is 44.0 cm³/mol. The summed E-state index contributed by atoms with van der Waals surface area (Å²) in [7, 11) is 0. The second-order valence-corrected chi connectivity index (χ2v) is 2.25. The molecule has 0 aromatic carbocycles. The second-order valence-electron chi connectivity index (χ2n) is 2.25. The SMILES string of the molecule is CC(N)C(=O)O.N[C@@H](CO)C(=O)O. The number of hydrogen-bond acceptors (Lipinski definition) is 5. The van der Waals surface area contributed by atoms with Crippen LogP contribution in [0.2, 0.25) is 0 Å². The quantitative estimate of drug-likeness (QED) is 0.342. The maximum atomic E-state index is 9.65. The van der Waals surface area contributed by atoms with Crippen molar-refractivity contribution in [3.63, 3.8) is 0 Å². The van der Waals surface area contributed by atoms with Crippen LogP contribution in [0.5, 0.6) is 0 Å². The molecule has 7 nitrogen and oxygen atoms in total. The number of nitrogens with two attached hydrogens (primary N) is 2. The van der Waals surface area contributed by atoms with Crippen LogP contribution in [0.15, 0.2) is 0 Å². The molecule has 2 atom stereocenters. The second kappa shape index (κ2) is 7.47. The van der Waals surface area contributed by atoms with Gasteiger partial charge < -0.3 is 26.8 Å². The first-order chi connectivity index (χ1) is 5.82. The summed E-state index contributed by atoms with van der Waals surface area (Å²) < 4.78 is 0. The van der Waals surface area contributed by atoms with Crippen molar-refractivity contribution in [2.75, 3.05) is 6.61 Å². The fourth-order valence-corrected chi connectivity index (χ4v) is 0.0781. The van der Waals surface area contributed by atoms with Crippen LogP contribution >= 0.6 is 0 Å². The summed E-state index contributed by atoms with van der Waals surface area (Å²) >= 11 is 0. The van der Waals surface area contributed by atoms with E-state index >= 15 is 0 Å². The fourth-order valence-electron chi connectivity index (χ4n) is 0.0781. The van der Waals surface area contributed by atoms with Crippen LogP contribution in [0.25, 0.3) is 0 Å². The Morgan fingerprint density at radius 1 is 1.23 bits per heavy atom. The van der Waals surface area contributed by atoms with Crippen molar-refractivity contribution in [2.45, 2.75) is 19.0 Å². The Hall–Kier alpha value is -1.18. The summed E-state index contributed by atoms with van der Waals surface area (Å²) in [5.41, 5.74) is 9.60. The average molecular weight is 194 g/mol. The molecule has 0 radical (unpaired) electrons. The maximum absolute atomic E-state index is 9.65. The van der Waals surface area contributed by atoms with E-state index in [4.69, 9.17) is 26.8 Å². The summed E-state index contributed by atoms with van der Waals surface area (Å²) in [6, 6.07) is -1.86. The van der Waals surface area contributed by atoms with Crippen molar-refractivity contribution >= 4 is 11.9 Å². The monoisotopic (exact) mass is 194 g/mol. The van der Waals surface area contributed by atoms with Crippen LogP contribution in [0.3, 0.4) is 0 Å². The van der Waals surface area contributed by atoms with Crippen LogP contribution in [0.4, 0.5) is 0 Å². The van der Waals surface area contributed by atoms with Gasteiger partial charge in [-0.15, -0.1) is 0 Å². The summed E-state index contributed by atoms with van der Waals surface area (Å²) in [6.45, 7) is 0.914. The molecule has 1 unspecified atom stereocenters. The van der Waals surface area contributed by atoms with Crippen molar-refractivity contribution in [2.24, 2.45) is 11.5 Å². The van der Waals surface area contributed by atoms with Crippen LogP contribution in [0, 0.1) is 0 Å². The topological polar surface area (TPSA) is 147 Å². The van der Waals surface area contributed by atoms with Crippen LogP contribution in [-0.4, -0.2) is 45.9 Å². The third-order valence-electron chi connectivity index (χ3n) is 0.903. The molecule has 0 heterocycles. The van der Waals surface area contributed by atoms with E-state index in [2.05, 4.69) is 0 Å². The molecule has 0 saturated carbocycles. The number of aliphatic carboxylic acids is 2. The first kappa shape index (κ1) is 14.3. The molecule has 0 aliphatic carbocycles. The number of carboxylic acids is 2. The summed E-state index contributed by atoms with van der Waals surface area (Å²) in [4.78, 5) is 19.2. The molecule has 0 aromatic rings. The van der Waals surface area contributed by atoms with Gasteiger partial charge in [-0.25, -0.2) is 0 Å². The average Bonchev–Trinajstić information content (AvgIpc) is 2.03. The van der Waals surface area contributed by atoms with E-state index in [1.54, 1.807) is 0 Å². The molecule has 7 heteroatoms. The molecule has 0 amide bonds. The molecule has 13 heavy (non-hydrogen) atoms. The maximum Gasteiger partial charge on any atom is 0.322 e. The van der Waals surface area contributed by atoms with E-state index in [0.29, 0.717) is 0 Å². The molecule has 0 rings (SSSR count). The van der Waals surface area contributed by atoms with Crippen molar-refractivity contribution < 1.29 is 24.9 Å². The first-order valence-corrected chi connectivity index (χ1v) is 3.40. The van der Waals surface area contributed by atoms with Gasteiger partial charge >= 0.3 is 11.9 Å². The Morgan fingerprint density at radius 3 is 1.54 bits per heavy atom. The lowest BCUT2D eigenvalue weighted by Gasteiger charge is -1.96. The van der Waals surface area contributed by atoms with Gasteiger partial charge in [0.2, 0.25) is 0 Å². The summed E-state index contributed by atoms with van der Waals surface area (Å²) in [5.74, 6) is -2.14. The van der Waals surface area contributed by atoms with Crippen LogP contribution in [0.1, 0.15) is 6.92 Å². The molecule has 0 aliphatic heterocycles. The molecule has 0 aliphatic rings. The summed E-state index contributed by atoms with van der Waals surface area (Å²) in [5, 5.41) is 23.8. The Labute approximate surface area is 75.0 Å². The highest BCUT2D eigenvalue weighted by atomic mass is 16.4. The van der Waals surface area contributed by atoms with Gasteiger partial charge in [-0.1, -0.05) is 0 Å². The van der Waals surface area contributed by atoms with Crippen molar-refractivity contribution in [1.82, 2.24) is 0 Å². The van der Waals surface area contributed by atoms with Gasteiger partial charge in [0.05, 0.1) is 6.61 Å². The third-order valence-corrected chi connectivity index (χ3v) is 0.903. The normalized spacial score (nSPS) is 13.5. The van der Waals surface area contributed by atoms with Gasteiger partial charge in [0.1, 0.15) is 12.1 Å². The minimum Gasteiger partial charge on any atom is -0.480 e. The summed E-state index contributed by atoms with van der Waals surface area (Å²) in [6.07, 6.45) is 0. The number of carboxylic acid groups (broad SMARTS) is 2. The van der Waals surface area contributed by atoms with Crippen molar-refractivity contribution in [3.05, 3.63) is 0 Å². The number of aliphatic hydroxyl groups is 1. The zero-order chi connectivity index (χ0) is 11.0. The molecule has 0 fully saturated rings. The number of rotatable bonds is 3. The molecule has 0 aromatic heterocycles. The van der Waals surface area contributed by atoms with E-state index in [1.807, 2.05) is 0 Å². The lowest BCUT2D eigenvalue weighted by atomic mass is 10.3. The van der Waals surface area contributed by atoms with Crippen LogP contribution < -0.4 is 11.5 Å². The molecule has 7 N–H and O–H groups in total. The largest absolute Gasteiger partial charge is 0.480 e. The lowest BCUT2D eigenvalue weighted by Crippen LogP contribution is -2.33. The first-order valence-electron chi connectivity index (χ1n) is 3.40. The highest BCUT2D eigenvalue weighted by molar-refractivity contribution is 5.73. The van der Waals surface area contributed by atoms with E-state index in [-0.39, 0.29) is 0 Å². The standard InChI is InChI=1S/C3H7NO3.C3H7NO2/c4-2(1-5)3(6)7;1-2(4)3(5)6/h2,5H,1,4H2,(H,6,7);2H,4H2,1H3,(H,5,6)/t2-;/m0./s1. The highest BCUT2D eigenvalue weighted by Crippen LogP contribution is 1.71. The molecular weight excluding hydrogens is 180 g/mol. The van der Waals surface area contributed by atoms with Gasteiger partial charge in [0.25, 0.3) is 0 Å². The third kappa shape index (κ3) is 10.8. The van der Waals surface area contributed by atoms with Crippen molar-refractivity contribution in [1.29, 1.82) is 0 Å². The number of hydrogen-bond donors (Lipinski definition) is 5. The Bertz CT molecular complexity index is 170. The number of carbonyl (C=O) groups is 2. The van der Waals surface area contributed by atoms with E-state index < -0.39 is 30.6 Å². The molecule has 0 bridgehead atoms. The Morgan fingerprint density at radius 2 is 1.54 bits per heavy atom. The zero-order valence-electron chi connectivity index (χ0n) is 7.17. The zero-order valence-corrected chi connectivity index (χ0v) is 7.17. The Kier molecular flexibility index (Phi) is 8.24. The minimum absolute atomic E-state index is 0.505. The highest BCUT2D eigenvalue weighted by Gasteiger charge is 2.07. The van der Waals surface area contributed by atoms with Gasteiger partial charge in [-0.3, -0.25) is 9.59 Å². The molecule has 0 saturated heterocycles. The minimum atomic E-state index is -1.18. The van der Waals surface area contributed by atoms with Crippen molar-refractivity contribution in [3.8, 4) is 0 Å². The smallest absolute Gasteiger partial charge is 0.322 e. The van der Waals surface area contributed by atoms with Gasteiger partial charge in [0, 0.05) is 0 Å². The predicted octanol–water partition coefficient (Wildman–Crippen LogP) is -2.19. The number of aliphatic hydroxyl groups excluding tert-OH is 1. The van der Waals surface area contributed by atoms with E-state index in [1.165, 1.54) is 6.92 Å².